The fourth-order valence-corrected chi connectivity index (χ4v) is 3.79. The molecular weight excluding hydrogens is 340 g/mol. The number of rotatable bonds is 4. The fourth-order valence-electron chi connectivity index (χ4n) is 3.79. The molecule has 1 saturated heterocycles. The van der Waals surface area contributed by atoms with E-state index in [1.807, 2.05) is 30.9 Å². The van der Waals surface area contributed by atoms with Crippen LogP contribution in [0.5, 0.6) is 5.75 Å². The average molecular weight is 370 g/mol. The van der Waals surface area contributed by atoms with Gasteiger partial charge in [-0.3, -0.25) is 4.79 Å². The van der Waals surface area contributed by atoms with Gasteiger partial charge in [-0.25, -0.2) is 0 Å². The largest absolute Gasteiger partial charge is 0.485 e. The molecule has 0 aromatic heterocycles. The van der Waals surface area contributed by atoms with E-state index < -0.39 is 5.60 Å². The molecule has 5 nitrogen and oxygen atoms in total. The first kappa shape index (κ1) is 19.7. The lowest BCUT2D eigenvalue weighted by Crippen LogP contribution is -2.57. The minimum absolute atomic E-state index is 0.141. The summed E-state index contributed by atoms with van der Waals surface area (Å²) >= 11 is 0. The quantitative estimate of drug-likeness (QED) is 0.796. The highest BCUT2D eigenvalue weighted by Gasteiger charge is 2.51. The third-order valence-corrected chi connectivity index (χ3v) is 6.07. The number of hydrogen-bond donors (Lipinski definition) is 0. The van der Waals surface area contributed by atoms with Gasteiger partial charge in [-0.1, -0.05) is 13.8 Å². The molecule has 1 aromatic carbocycles. The maximum atomic E-state index is 12.7. The lowest BCUT2D eigenvalue weighted by atomic mass is 9.83. The summed E-state index contributed by atoms with van der Waals surface area (Å²) in [5, 5.41) is 9.37. The van der Waals surface area contributed by atoms with Crippen LogP contribution in [-0.2, 0) is 9.53 Å². The van der Waals surface area contributed by atoms with Gasteiger partial charge in [0.05, 0.1) is 23.3 Å². The number of carbonyl (C=O) groups is 1. The Morgan fingerprint density at radius 1 is 1.37 bits per heavy atom. The molecule has 3 rings (SSSR count). The number of carbonyl (C=O) groups excluding carboxylic acids is 1. The highest BCUT2D eigenvalue weighted by Crippen LogP contribution is 2.47. The lowest BCUT2D eigenvalue weighted by molar-refractivity contribution is -0.193. The molecule has 0 spiro atoms. The first-order valence-electron chi connectivity index (χ1n) is 9.77. The van der Waals surface area contributed by atoms with Crippen LogP contribution in [0.2, 0.25) is 0 Å². The van der Waals surface area contributed by atoms with Crippen molar-refractivity contribution in [3.8, 4) is 11.8 Å². The lowest BCUT2D eigenvalue weighted by Gasteiger charge is -2.50. The van der Waals surface area contributed by atoms with Crippen molar-refractivity contribution in [2.24, 2.45) is 5.92 Å². The number of nitriles is 1. The minimum atomic E-state index is -0.610. The topological polar surface area (TPSA) is 62.6 Å². The van der Waals surface area contributed by atoms with Crippen molar-refractivity contribution in [3.05, 3.63) is 29.3 Å². The molecule has 2 aliphatic heterocycles. The van der Waals surface area contributed by atoms with E-state index in [0.29, 0.717) is 24.4 Å². The molecule has 1 amide bonds. The van der Waals surface area contributed by atoms with Gasteiger partial charge in [-0.15, -0.1) is 0 Å². The van der Waals surface area contributed by atoms with E-state index >= 15 is 0 Å². The molecule has 2 heterocycles. The monoisotopic (exact) mass is 370 g/mol. The number of ether oxygens (including phenoxy) is 2. The van der Waals surface area contributed by atoms with E-state index in [0.717, 1.165) is 17.7 Å². The number of nitrogens with zero attached hydrogens (tertiary/aromatic N) is 2. The zero-order valence-electron chi connectivity index (χ0n) is 17.2. The molecule has 0 bridgehead atoms. The van der Waals surface area contributed by atoms with Gasteiger partial charge in [0.1, 0.15) is 17.5 Å². The zero-order valence-corrected chi connectivity index (χ0v) is 17.2. The van der Waals surface area contributed by atoms with Crippen LogP contribution in [0.25, 0.3) is 0 Å². The van der Waals surface area contributed by atoms with Gasteiger partial charge in [-0.05, 0) is 58.2 Å². The molecule has 1 fully saturated rings. The summed E-state index contributed by atoms with van der Waals surface area (Å²) in [7, 11) is 0. The molecule has 0 N–H and O–H groups in total. The summed E-state index contributed by atoms with van der Waals surface area (Å²) < 4.78 is 13.0. The molecule has 2 unspecified atom stereocenters. The van der Waals surface area contributed by atoms with Crippen LogP contribution in [0.4, 0.5) is 0 Å². The van der Waals surface area contributed by atoms with Gasteiger partial charge in [0.2, 0.25) is 5.91 Å². The second-order valence-electron chi connectivity index (χ2n) is 9.00. The molecular formula is C22H30N2O3. The summed E-state index contributed by atoms with van der Waals surface area (Å²) in [4.78, 5) is 14.6. The number of amides is 1. The van der Waals surface area contributed by atoms with E-state index in [1.54, 1.807) is 6.07 Å². The standard InChI is InChI=1S/C22H30N2O3/c1-14(2)21(3,4)27-20-19(24-11-7-8-18(24)25)16-12-15(13-23)9-10-17(16)26-22(20,5)6/h9-10,12,14,19-20H,7-8,11H2,1-6H3. The Labute approximate surface area is 162 Å². The van der Waals surface area contributed by atoms with Crippen molar-refractivity contribution >= 4 is 5.91 Å². The highest BCUT2D eigenvalue weighted by atomic mass is 16.6. The van der Waals surface area contributed by atoms with Crippen LogP contribution < -0.4 is 4.74 Å². The van der Waals surface area contributed by atoms with E-state index in [-0.39, 0.29) is 23.7 Å². The number of benzene rings is 1. The Hall–Kier alpha value is -2.06. The van der Waals surface area contributed by atoms with Crippen LogP contribution in [0.3, 0.4) is 0 Å². The van der Waals surface area contributed by atoms with Gasteiger partial charge < -0.3 is 14.4 Å². The first-order chi connectivity index (χ1) is 12.6. The third kappa shape index (κ3) is 3.55. The van der Waals surface area contributed by atoms with Crippen LogP contribution in [0.1, 0.15) is 71.6 Å². The van der Waals surface area contributed by atoms with Gasteiger partial charge in [-0.2, -0.15) is 5.26 Å². The summed E-state index contributed by atoms with van der Waals surface area (Å²) in [6, 6.07) is 7.39. The predicted octanol–water partition coefficient (Wildman–Crippen LogP) is 4.21. The molecule has 2 aliphatic rings. The molecule has 0 saturated carbocycles. The maximum absolute atomic E-state index is 12.7. The van der Waals surface area contributed by atoms with Crippen molar-refractivity contribution in [1.82, 2.24) is 4.90 Å². The third-order valence-electron chi connectivity index (χ3n) is 6.07. The van der Waals surface area contributed by atoms with Crippen molar-refractivity contribution in [2.45, 2.75) is 77.7 Å². The zero-order chi connectivity index (χ0) is 20.0. The van der Waals surface area contributed by atoms with Crippen molar-refractivity contribution in [1.29, 1.82) is 5.26 Å². The number of fused-ring (bicyclic) bond motifs is 1. The van der Waals surface area contributed by atoms with Crippen LogP contribution in [0, 0.1) is 17.2 Å². The predicted molar refractivity (Wildman–Crippen MR) is 103 cm³/mol. The average Bonchev–Trinajstić information content (AvgIpc) is 3.00. The second kappa shape index (κ2) is 6.83. The van der Waals surface area contributed by atoms with Crippen LogP contribution in [0.15, 0.2) is 18.2 Å². The van der Waals surface area contributed by atoms with Gasteiger partial charge in [0.15, 0.2) is 0 Å². The van der Waals surface area contributed by atoms with E-state index in [4.69, 9.17) is 9.47 Å². The molecule has 0 radical (unpaired) electrons. The molecule has 1 aromatic rings. The van der Waals surface area contributed by atoms with Crippen molar-refractivity contribution in [2.75, 3.05) is 6.54 Å². The summed E-state index contributed by atoms with van der Waals surface area (Å²) in [6.07, 6.45) is 1.08. The van der Waals surface area contributed by atoms with E-state index in [1.165, 1.54) is 0 Å². The van der Waals surface area contributed by atoms with Crippen molar-refractivity contribution in [3.63, 3.8) is 0 Å². The summed E-state index contributed by atoms with van der Waals surface area (Å²) in [5.74, 6) is 1.17. The molecule has 146 valence electrons. The smallest absolute Gasteiger partial charge is 0.223 e. The second-order valence-corrected chi connectivity index (χ2v) is 9.00. The molecule has 0 aliphatic carbocycles. The molecule has 27 heavy (non-hydrogen) atoms. The Morgan fingerprint density at radius 3 is 2.63 bits per heavy atom. The number of likely N-dealkylation sites (tertiary alicyclic amines) is 1. The van der Waals surface area contributed by atoms with Crippen LogP contribution in [-0.4, -0.2) is 34.7 Å². The van der Waals surface area contributed by atoms with Gasteiger partial charge in [0.25, 0.3) is 0 Å². The van der Waals surface area contributed by atoms with Gasteiger partial charge >= 0.3 is 0 Å². The molecule has 5 heteroatoms. The molecule has 2 atom stereocenters. The Morgan fingerprint density at radius 2 is 2.07 bits per heavy atom. The summed E-state index contributed by atoms with van der Waals surface area (Å²) in [6.45, 7) is 13.2. The first-order valence-corrected chi connectivity index (χ1v) is 9.77. The summed E-state index contributed by atoms with van der Waals surface area (Å²) in [5.41, 5.74) is 0.445. The maximum Gasteiger partial charge on any atom is 0.223 e. The normalized spacial score (nSPS) is 24.5. The number of hydrogen-bond acceptors (Lipinski definition) is 4. The van der Waals surface area contributed by atoms with Gasteiger partial charge in [0, 0.05) is 18.5 Å². The fraction of sp³-hybridized carbons (Fsp3) is 0.636. The van der Waals surface area contributed by atoms with Crippen molar-refractivity contribution < 1.29 is 14.3 Å². The van der Waals surface area contributed by atoms with E-state index in [2.05, 4.69) is 33.8 Å². The van der Waals surface area contributed by atoms with Crippen LogP contribution >= 0.6 is 0 Å². The SMILES string of the molecule is CC(C)C(C)(C)OC1C(N2CCCC2=O)c2cc(C#N)ccc2OC1(C)C. The Kier molecular flexibility index (Phi) is 4.98. The Bertz CT molecular complexity index is 776. The highest BCUT2D eigenvalue weighted by molar-refractivity contribution is 5.79. The Balaban J connectivity index is 2.13. The minimum Gasteiger partial charge on any atom is -0.485 e. The van der Waals surface area contributed by atoms with E-state index in [9.17, 15) is 10.1 Å².